The number of carbonyl (C=O) groups is 1. The summed E-state index contributed by atoms with van der Waals surface area (Å²) in [6.07, 6.45) is 3.47. The fourth-order valence-corrected chi connectivity index (χ4v) is 2.24. The summed E-state index contributed by atoms with van der Waals surface area (Å²) in [5.41, 5.74) is 5.59. The van der Waals surface area contributed by atoms with Crippen LogP contribution in [0.1, 0.15) is 42.5 Å². The average molecular weight is 309 g/mol. The van der Waals surface area contributed by atoms with Gasteiger partial charge in [-0.3, -0.25) is 9.89 Å². The third-order valence-corrected chi connectivity index (χ3v) is 3.61. The van der Waals surface area contributed by atoms with E-state index in [1.165, 1.54) is 0 Å². The van der Waals surface area contributed by atoms with Crippen molar-refractivity contribution in [2.75, 3.05) is 0 Å². The maximum absolute atomic E-state index is 12.1. The normalized spacial score (nSPS) is 12.1. The van der Waals surface area contributed by atoms with Crippen molar-refractivity contribution in [2.24, 2.45) is 5.10 Å². The van der Waals surface area contributed by atoms with Crippen molar-refractivity contribution in [3.63, 3.8) is 0 Å². The highest BCUT2D eigenvalue weighted by molar-refractivity contribution is 5.99. The van der Waals surface area contributed by atoms with Crippen LogP contribution in [-0.4, -0.2) is 27.3 Å². The first-order valence-corrected chi connectivity index (χ1v) is 7.40. The monoisotopic (exact) mass is 309 g/mol. The number of nitrogens with zero attached hydrogens (tertiary/aromatic N) is 2. The minimum atomic E-state index is -0.340. The molecule has 3 rings (SSSR count). The molecule has 0 spiro atoms. The number of fused-ring (bicyclic) bond motifs is 1. The second-order valence-corrected chi connectivity index (χ2v) is 6.41. The number of amides is 1. The molecule has 0 radical (unpaired) electrons. The molecule has 3 N–H and O–H groups in total. The van der Waals surface area contributed by atoms with E-state index >= 15 is 0 Å². The zero-order valence-electron chi connectivity index (χ0n) is 13.3. The van der Waals surface area contributed by atoms with Crippen LogP contribution in [0, 0.1) is 0 Å². The van der Waals surface area contributed by atoms with Crippen LogP contribution in [0.25, 0.3) is 10.9 Å². The molecule has 0 bridgehead atoms. The van der Waals surface area contributed by atoms with Crippen LogP contribution in [0.4, 0.5) is 0 Å². The van der Waals surface area contributed by atoms with Crippen molar-refractivity contribution in [1.29, 1.82) is 0 Å². The summed E-state index contributed by atoms with van der Waals surface area (Å²) in [5, 5.41) is 12.0. The third kappa shape index (κ3) is 3.15. The molecule has 0 atom stereocenters. The predicted octanol–water partition coefficient (Wildman–Crippen LogP) is 2.95. The number of rotatable bonds is 3. The van der Waals surface area contributed by atoms with Gasteiger partial charge in [-0.1, -0.05) is 39.0 Å². The zero-order chi connectivity index (χ0) is 16.4. The van der Waals surface area contributed by atoms with Crippen molar-refractivity contribution in [2.45, 2.75) is 26.2 Å². The summed E-state index contributed by atoms with van der Waals surface area (Å²) in [4.78, 5) is 15.2. The first-order chi connectivity index (χ1) is 10.9. The van der Waals surface area contributed by atoms with E-state index in [9.17, 15) is 4.79 Å². The number of hydrogen-bond donors (Lipinski definition) is 3. The SMILES string of the molecule is CC(C)(C)c1cc(C(=O)N/N=C/c2c[nH]c3ccccc23)n[nH]1. The number of H-pyrrole nitrogens is 2. The Morgan fingerprint density at radius 1 is 1.30 bits per heavy atom. The fourth-order valence-electron chi connectivity index (χ4n) is 2.24. The van der Waals surface area contributed by atoms with Crippen LogP contribution >= 0.6 is 0 Å². The van der Waals surface area contributed by atoms with Gasteiger partial charge in [-0.2, -0.15) is 10.2 Å². The van der Waals surface area contributed by atoms with Crippen molar-refractivity contribution in [3.05, 3.63) is 53.5 Å². The predicted molar refractivity (Wildman–Crippen MR) is 90.6 cm³/mol. The Hall–Kier alpha value is -2.89. The highest BCUT2D eigenvalue weighted by Gasteiger charge is 2.19. The summed E-state index contributed by atoms with van der Waals surface area (Å²) in [6, 6.07) is 9.66. The van der Waals surface area contributed by atoms with Gasteiger partial charge in [0.1, 0.15) is 0 Å². The molecule has 0 aliphatic heterocycles. The van der Waals surface area contributed by atoms with E-state index in [2.05, 4.69) is 46.5 Å². The Morgan fingerprint density at radius 2 is 2.09 bits per heavy atom. The molecule has 0 unspecified atom stereocenters. The number of para-hydroxylation sites is 1. The Bertz CT molecular complexity index is 866. The minimum Gasteiger partial charge on any atom is -0.361 e. The molecule has 0 fully saturated rings. The van der Waals surface area contributed by atoms with Crippen molar-refractivity contribution >= 4 is 23.0 Å². The largest absolute Gasteiger partial charge is 0.361 e. The molecule has 0 saturated carbocycles. The third-order valence-electron chi connectivity index (χ3n) is 3.61. The van der Waals surface area contributed by atoms with Crippen LogP contribution < -0.4 is 5.43 Å². The van der Waals surface area contributed by atoms with Crippen LogP contribution in [0.15, 0.2) is 41.6 Å². The van der Waals surface area contributed by atoms with E-state index in [1.807, 2.05) is 30.5 Å². The molecule has 1 amide bonds. The van der Waals surface area contributed by atoms with Crippen LogP contribution in [-0.2, 0) is 5.41 Å². The van der Waals surface area contributed by atoms with Gasteiger partial charge in [0, 0.05) is 33.8 Å². The quantitative estimate of drug-likeness (QED) is 0.513. The Kier molecular flexibility index (Phi) is 3.73. The number of hydrazone groups is 1. The van der Waals surface area contributed by atoms with Gasteiger partial charge >= 0.3 is 0 Å². The lowest BCUT2D eigenvalue weighted by atomic mass is 9.92. The van der Waals surface area contributed by atoms with Gasteiger partial charge in [0.05, 0.1) is 6.21 Å². The number of benzene rings is 1. The van der Waals surface area contributed by atoms with Gasteiger partial charge < -0.3 is 4.98 Å². The Balaban J connectivity index is 1.70. The van der Waals surface area contributed by atoms with Gasteiger partial charge in [-0.25, -0.2) is 5.43 Å². The molecule has 3 aromatic rings. The van der Waals surface area contributed by atoms with E-state index in [0.717, 1.165) is 22.2 Å². The Morgan fingerprint density at radius 3 is 2.83 bits per heavy atom. The van der Waals surface area contributed by atoms with Crippen LogP contribution in [0.5, 0.6) is 0 Å². The summed E-state index contributed by atoms with van der Waals surface area (Å²) >= 11 is 0. The molecule has 0 saturated heterocycles. The zero-order valence-corrected chi connectivity index (χ0v) is 13.3. The maximum Gasteiger partial charge on any atom is 0.291 e. The van der Waals surface area contributed by atoms with Crippen LogP contribution in [0.2, 0.25) is 0 Å². The first kappa shape index (κ1) is 15.0. The number of hydrogen-bond acceptors (Lipinski definition) is 3. The van der Waals surface area contributed by atoms with E-state index < -0.39 is 0 Å². The fraction of sp³-hybridized carbons (Fsp3) is 0.235. The summed E-state index contributed by atoms with van der Waals surface area (Å²) < 4.78 is 0. The molecule has 6 heteroatoms. The smallest absolute Gasteiger partial charge is 0.291 e. The highest BCUT2D eigenvalue weighted by Crippen LogP contribution is 2.20. The van der Waals surface area contributed by atoms with Crippen molar-refractivity contribution < 1.29 is 4.79 Å². The van der Waals surface area contributed by atoms with E-state index in [1.54, 1.807) is 12.3 Å². The molecule has 6 nitrogen and oxygen atoms in total. The van der Waals surface area contributed by atoms with Crippen LogP contribution in [0.3, 0.4) is 0 Å². The van der Waals surface area contributed by atoms with Crippen molar-refractivity contribution in [3.8, 4) is 0 Å². The summed E-state index contributed by atoms with van der Waals surface area (Å²) in [6.45, 7) is 6.16. The molecule has 0 aliphatic rings. The van der Waals surface area contributed by atoms with Gasteiger partial charge in [0.25, 0.3) is 5.91 Å². The topological polar surface area (TPSA) is 85.9 Å². The van der Waals surface area contributed by atoms with Crippen molar-refractivity contribution in [1.82, 2.24) is 20.6 Å². The Labute approximate surface area is 134 Å². The number of nitrogens with one attached hydrogen (secondary N) is 3. The number of aromatic amines is 2. The number of carbonyl (C=O) groups excluding carboxylic acids is 1. The molecule has 1 aromatic carbocycles. The lowest BCUT2D eigenvalue weighted by Crippen LogP contribution is -2.18. The lowest BCUT2D eigenvalue weighted by molar-refractivity contribution is 0.0950. The van der Waals surface area contributed by atoms with E-state index in [4.69, 9.17) is 0 Å². The second-order valence-electron chi connectivity index (χ2n) is 6.41. The first-order valence-electron chi connectivity index (χ1n) is 7.40. The van der Waals surface area contributed by atoms with E-state index in [-0.39, 0.29) is 11.3 Å². The van der Waals surface area contributed by atoms with Gasteiger partial charge in [-0.05, 0) is 12.1 Å². The molecule has 2 heterocycles. The summed E-state index contributed by atoms with van der Waals surface area (Å²) in [5.74, 6) is -0.340. The van der Waals surface area contributed by atoms with E-state index in [0.29, 0.717) is 5.69 Å². The molecule has 2 aromatic heterocycles. The lowest BCUT2D eigenvalue weighted by Gasteiger charge is -2.14. The standard InChI is InChI=1S/C17H19N5O/c1-17(2,3)15-8-14(20-21-15)16(23)22-19-10-11-9-18-13-7-5-4-6-12(11)13/h4-10,18H,1-3H3,(H,20,21)(H,22,23)/b19-10+. The second kappa shape index (κ2) is 5.72. The average Bonchev–Trinajstić information content (AvgIpc) is 3.14. The molecule has 0 aliphatic carbocycles. The number of aromatic nitrogens is 3. The minimum absolute atomic E-state index is 0.0845. The maximum atomic E-state index is 12.1. The van der Waals surface area contributed by atoms with Gasteiger partial charge in [-0.15, -0.1) is 0 Å². The summed E-state index contributed by atoms with van der Waals surface area (Å²) in [7, 11) is 0. The highest BCUT2D eigenvalue weighted by atomic mass is 16.2. The molecular formula is C17H19N5O. The molecular weight excluding hydrogens is 290 g/mol. The van der Waals surface area contributed by atoms with Gasteiger partial charge in [0.15, 0.2) is 5.69 Å². The molecule has 23 heavy (non-hydrogen) atoms. The van der Waals surface area contributed by atoms with Gasteiger partial charge in [0.2, 0.25) is 0 Å². The molecule has 118 valence electrons.